The molecule has 0 spiro atoms. The summed E-state index contributed by atoms with van der Waals surface area (Å²) in [4.78, 5) is 2.51. The van der Waals surface area contributed by atoms with Crippen LogP contribution < -0.4 is 9.47 Å². The lowest BCUT2D eigenvalue weighted by molar-refractivity contribution is 0.169. The van der Waals surface area contributed by atoms with Gasteiger partial charge in [0.1, 0.15) is 30.0 Å². The number of fused-ring (bicyclic) bond motifs is 3. The number of phenols is 1. The Morgan fingerprint density at radius 1 is 1.16 bits per heavy atom. The summed E-state index contributed by atoms with van der Waals surface area (Å²) in [6.45, 7) is 9.65. The molecular formula is C31H33N3O3. The van der Waals surface area contributed by atoms with Gasteiger partial charge in [-0.15, -0.1) is 0 Å². The van der Waals surface area contributed by atoms with E-state index in [2.05, 4.69) is 54.1 Å². The van der Waals surface area contributed by atoms with E-state index in [1.807, 2.05) is 36.5 Å². The first-order valence-corrected chi connectivity index (χ1v) is 13.1. The van der Waals surface area contributed by atoms with E-state index in [0.29, 0.717) is 12.6 Å². The van der Waals surface area contributed by atoms with Crippen LogP contribution in [0.5, 0.6) is 17.2 Å². The van der Waals surface area contributed by atoms with Gasteiger partial charge in [-0.1, -0.05) is 31.2 Å². The minimum absolute atomic E-state index is 0.234. The third kappa shape index (κ3) is 4.46. The molecule has 6 heteroatoms. The SMILES string of the molecule is CC1=C(c2cccc(O)c2)C(c2ccc(OC[C@H](C)N3CC[C@@H](C)C3)cc2)Oc2c1ccc1[nH]ncc21. The molecule has 0 amide bonds. The maximum absolute atomic E-state index is 10.2. The fourth-order valence-electron chi connectivity index (χ4n) is 5.64. The van der Waals surface area contributed by atoms with Crippen molar-refractivity contribution in [3.63, 3.8) is 0 Å². The van der Waals surface area contributed by atoms with Gasteiger partial charge in [0.2, 0.25) is 0 Å². The van der Waals surface area contributed by atoms with E-state index < -0.39 is 0 Å². The zero-order valence-corrected chi connectivity index (χ0v) is 21.6. The molecule has 0 saturated carbocycles. The van der Waals surface area contributed by atoms with Gasteiger partial charge >= 0.3 is 0 Å². The van der Waals surface area contributed by atoms with E-state index in [-0.39, 0.29) is 11.9 Å². The number of benzene rings is 3. The van der Waals surface area contributed by atoms with Gasteiger partial charge in [-0.2, -0.15) is 5.10 Å². The first-order valence-electron chi connectivity index (χ1n) is 13.1. The van der Waals surface area contributed by atoms with Crippen LogP contribution in [0.3, 0.4) is 0 Å². The summed E-state index contributed by atoms with van der Waals surface area (Å²) in [5.74, 6) is 2.68. The zero-order chi connectivity index (χ0) is 25.5. The Morgan fingerprint density at radius 3 is 2.76 bits per heavy atom. The van der Waals surface area contributed by atoms with Crippen LogP contribution in [-0.2, 0) is 0 Å². The highest BCUT2D eigenvalue weighted by Crippen LogP contribution is 2.49. The number of nitrogens with zero attached hydrogens (tertiary/aromatic N) is 2. The van der Waals surface area contributed by atoms with E-state index in [9.17, 15) is 5.11 Å². The molecule has 1 unspecified atom stereocenters. The van der Waals surface area contributed by atoms with Crippen molar-refractivity contribution in [2.75, 3.05) is 19.7 Å². The molecule has 2 aliphatic heterocycles. The fourth-order valence-corrected chi connectivity index (χ4v) is 5.64. The van der Waals surface area contributed by atoms with Crippen molar-refractivity contribution in [2.24, 2.45) is 5.92 Å². The monoisotopic (exact) mass is 495 g/mol. The van der Waals surface area contributed by atoms with Crippen LogP contribution in [0.25, 0.3) is 22.0 Å². The molecule has 2 aliphatic rings. The Kier molecular flexibility index (Phi) is 6.13. The number of hydrogen-bond acceptors (Lipinski definition) is 5. The van der Waals surface area contributed by atoms with Crippen LogP contribution in [0.15, 0.2) is 66.9 Å². The van der Waals surface area contributed by atoms with Gasteiger partial charge in [-0.05, 0) is 85.8 Å². The van der Waals surface area contributed by atoms with Gasteiger partial charge in [0.05, 0.1) is 17.1 Å². The molecule has 0 aliphatic carbocycles. The van der Waals surface area contributed by atoms with Gasteiger partial charge < -0.3 is 14.6 Å². The summed E-state index contributed by atoms with van der Waals surface area (Å²) in [7, 11) is 0. The predicted molar refractivity (Wildman–Crippen MR) is 147 cm³/mol. The Balaban J connectivity index is 1.31. The number of allylic oxidation sites excluding steroid dienone is 1. The van der Waals surface area contributed by atoms with Crippen molar-refractivity contribution in [2.45, 2.75) is 39.3 Å². The Hall–Kier alpha value is -3.77. The average Bonchev–Trinajstić information content (AvgIpc) is 3.57. The molecule has 6 nitrogen and oxygen atoms in total. The van der Waals surface area contributed by atoms with Gasteiger partial charge in [0.15, 0.2) is 0 Å². The Bertz CT molecular complexity index is 1460. The van der Waals surface area contributed by atoms with Crippen molar-refractivity contribution in [1.82, 2.24) is 15.1 Å². The topological polar surface area (TPSA) is 70.6 Å². The van der Waals surface area contributed by atoms with Crippen molar-refractivity contribution < 1.29 is 14.6 Å². The summed E-state index contributed by atoms with van der Waals surface area (Å²) < 4.78 is 12.9. The third-order valence-corrected chi connectivity index (χ3v) is 7.79. The molecule has 37 heavy (non-hydrogen) atoms. The molecule has 0 radical (unpaired) electrons. The van der Waals surface area contributed by atoms with Gasteiger partial charge in [-0.25, -0.2) is 0 Å². The van der Waals surface area contributed by atoms with E-state index in [1.54, 1.807) is 12.1 Å². The number of H-pyrrole nitrogens is 1. The quantitative estimate of drug-likeness (QED) is 0.322. The van der Waals surface area contributed by atoms with Gasteiger partial charge in [0, 0.05) is 23.7 Å². The number of aromatic nitrogens is 2. The molecule has 190 valence electrons. The first kappa shape index (κ1) is 23.6. The van der Waals surface area contributed by atoms with Crippen LogP contribution >= 0.6 is 0 Å². The van der Waals surface area contributed by atoms with E-state index in [4.69, 9.17) is 9.47 Å². The molecule has 2 N–H and O–H groups in total. The Labute approximate surface area is 217 Å². The number of ether oxygens (including phenoxy) is 2. The number of hydrogen-bond donors (Lipinski definition) is 2. The molecule has 3 heterocycles. The minimum atomic E-state index is -0.339. The van der Waals surface area contributed by atoms with E-state index in [1.165, 1.54) is 6.42 Å². The lowest BCUT2D eigenvalue weighted by atomic mass is 9.85. The largest absolute Gasteiger partial charge is 0.508 e. The maximum atomic E-state index is 10.2. The zero-order valence-electron chi connectivity index (χ0n) is 21.6. The van der Waals surface area contributed by atoms with Crippen LogP contribution in [0.4, 0.5) is 0 Å². The molecule has 1 saturated heterocycles. The van der Waals surface area contributed by atoms with Gasteiger partial charge in [-0.3, -0.25) is 10.00 Å². The summed E-state index contributed by atoms with van der Waals surface area (Å²) in [5, 5.41) is 18.5. The lowest BCUT2D eigenvalue weighted by Gasteiger charge is -2.31. The minimum Gasteiger partial charge on any atom is -0.508 e. The molecule has 4 aromatic rings. The second kappa shape index (κ2) is 9.60. The van der Waals surface area contributed by atoms with Crippen LogP contribution in [0.2, 0.25) is 0 Å². The van der Waals surface area contributed by atoms with Crippen molar-refractivity contribution >= 4 is 22.0 Å². The second-order valence-corrected chi connectivity index (χ2v) is 10.5. The molecule has 1 aromatic heterocycles. The van der Waals surface area contributed by atoms with Crippen LogP contribution in [0, 0.1) is 5.92 Å². The number of aromatic hydroxyl groups is 1. The summed E-state index contributed by atoms with van der Waals surface area (Å²) in [6, 6.07) is 20.1. The average molecular weight is 496 g/mol. The molecule has 1 fully saturated rings. The van der Waals surface area contributed by atoms with Crippen molar-refractivity contribution in [3.8, 4) is 17.2 Å². The highest BCUT2D eigenvalue weighted by atomic mass is 16.5. The van der Waals surface area contributed by atoms with E-state index in [0.717, 1.165) is 69.2 Å². The highest BCUT2D eigenvalue weighted by molar-refractivity contribution is 6.00. The maximum Gasteiger partial charge on any atom is 0.150 e. The molecule has 6 rings (SSSR count). The first-order chi connectivity index (χ1) is 18.0. The summed E-state index contributed by atoms with van der Waals surface area (Å²) in [6.07, 6.45) is 2.74. The normalized spacial score (nSPS) is 20.6. The summed E-state index contributed by atoms with van der Waals surface area (Å²) in [5.41, 5.74) is 6.10. The summed E-state index contributed by atoms with van der Waals surface area (Å²) >= 11 is 0. The molecule has 0 bridgehead atoms. The number of aromatic amines is 1. The molecular weight excluding hydrogens is 462 g/mol. The molecule has 3 aromatic carbocycles. The standard InChI is InChI=1S/C31H33N3O3/c1-19-13-14-34(17-19)20(2)18-36-25-9-7-22(8-10-25)30-29(23-5-4-6-24(35)15-23)21(3)26-11-12-28-27(16-32-33-28)31(26)37-30/h4-12,15-16,19-20,30,35H,13-14,17-18H2,1-3H3,(H,32,33)/t19-,20+,30?/m1/s1. The smallest absolute Gasteiger partial charge is 0.150 e. The Morgan fingerprint density at radius 2 is 2.00 bits per heavy atom. The van der Waals surface area contributed by atoms with Crippen molar-refractivity contribution in [1.29, 1.82) is 0 Å². The number of phenolic OH excluding ortho intramolecular Hbond substituents is 1. The third-order valence-electron chi connectivity index (χ3n) is 7.79. The lowest BCUT2D eigenvalue weighted by Crippen LogP contribution is -2.35. The van der Waals surface area contributed by atoms with E-state index >= 15 is 0 Å². The predicted octanol–water partition coefficient (Wildman–Crippen LogP) is 6.44. The second-order valence-electron chi connectivity index (χ2n) is 10.5. The van der Waals surface area contributed by atoms with Crippen molar-refractivity contribution in [3.05, 3.63) is 83.6 Å². The highest BCUT2D eigenvalue weighted by Gasteiger charge is 2.31. The van der Waals surface area contributed by atoms with Crippen LogP contribution in [-0.4, -0.2) is 45.9 Å². The molecule has 3 atom stereocenters. The van der Waals surface area contributed by atoms with Crippen LogP contribution in [0.1, 0.15) is 50.0 Å². The van der Waals surface area contributed by atoms with Gasteiger partial charge in [0.25, 0.3) is 0 Å². The number of nitrogens with one attached hydrogen (secondary N) is 1. The number of likely N-dealkylation sites (tertiary alicyclic amines) is 1. The fraction of sp³-hybridized carbons (Fsp3) is 0.323. The number of rotatable bonds is 6.